The smallest absolute Gasteiger partial charge is 0.272 e. The molecule has 0 aliphatic carbocycles. The van der Waals surface area contributed by atoms with Crippen molar-refractivity contribution in [2.24, 2.45) is 0 Å². The second kappa shape index (κ2) is 5.60. The fourth-order valence-corrected chi connectivity index (χ4v) is 2.54. The van der Waals surface area contributed by atoms with Gasteiger partial charge < -0.3 is 9.73 Å². The zero-order valence-corrected chi connectivity index (χ0v) is 13.0. The van der Waals surface area contributed by atoms with Crippen molar-refractivity contribution in [2.75, 3.05) is 5.32 Å². The molecule has 5 nitrogen and oxygen atoms in total. The molecule has 0 spiro atoms. The molecule has 1 aromatic carbocycles. The number of nitro benzene ring substituents is 1. The van der Waals surface area contributed by atoms with E-state index in [-0.39, 0.29) is 16.7 Å². The Morgan fingerprint density at radius 2 is 1.81 bits per heavy atom. The summed E-state index contributed by atoms with van der Waals surface area (Å²) in [6.07, 6.45) is 0. The molecule has 0 aliphatic rings. The van der Waals surface area contributed by atoms with E-state index in [0.717, 1.165) is 28.3 Å². The van der Waals surface area contributed by atoms with Crippen molar-refractivity contribution in [2.45, 2.75) is 40.7 Å². The summed E-state index contributed by atoms with van der Waals surface area (Å²) in [6.45, 7) is 9.53. The van der Waals surface area contributed by atoms with Gasteiger partial charge in [-0.25, -0.2) is 0 Å². The van der Waals surface area contributed by atoms with Crippen molar-refractivity contribution in [3.05, 3.63) is 56.5 Å². The van der Waals surface area contributed by atoms with Crippen LogP contribution in [-0.4, -0.2) is 4.92 Å². The van der Waals surface area contributed by atoms with Crippen LogP contribution in [0.4, 0.5) is 11.4 Å². The van der Waals surface area contributed by atoms with Crippen molar-refractivity contribution >= 4 is 11.4 Å². The first kappa shape index (κ1) is 15.1. The van der Waals surface area contributed by atoms with Crippen LogP contribution in [0.2, 0.25) is 0 Å². The van der Waals surface area contributed by atoms with Gasteiger partial charge in [-0.2, -0.15) is 0 Å². The van der Waals surface area contributed by atoms with Crippen LogP contribution in [0.1, 0.15) is 41.2 Å². The SMILES string of the molecule is Cc1cc(C(C)Nc2cc(C)c([N+](=O)[O-])cc2C)c(C)o1. The minimum absolute atomic E-state index is 0.0713. The summed E-state index contributed by atoms with van der Waals surface area (Å²) < 4.78 is 5.55. The molecule has 0 bridgehead atoms. The number of benzene rings is 1. The molecule has 1 atom stereocenters. The highest BCUT2D eigenvalue weighted by Crippen LogP contribution is 2.30. The lowest BCUT2D eigenvalue weighted by Gasteiger charge is -2.17. The Morgan fingerprint density at radius 1 is 1.14 bits per heavy atom. The van der Waals surface area contributed by atoms with Crippen molar-refractivity contribution in [1.29, 1.82) is 0 Å². The molecule has 0 saturated carbocycles. The second-order valence-electron chi connectivity index (χ2n) is 5.45. The summed E-state index contributed by atoms with van der Waals surface area (Å²) in [5.41, 5.74) is 3.67. The summed E-state index contributed by atoms with van der Waals surface area (Å²) in [5.74, 6) is 1.77. The molecule has 0 aliphatic heterocycles. The van der Waals surface area contributed by atoms with Gasteiger partial charge in [0.05, 0.1) is 11.0 Å². The number of nitrogens with one attached hydrogen (secondary N) is 1. The normalized spacial score (nSPS) is 12.2. The largest absolute Gasteiger partial charge is 0.466 e. The number of anilines is 1. The third-order valence-electron chi connectivity index (χ3n) is 3.66. The van der Waals surface area contributed by atoms with Gasteiger partial charge >= 0.3 is 0 Å². The molecule has 0 amide bonds. The Morgan fingerprint density at radius 3 is 2.33 bits per heavy atom. The van der Waals surface area contributed by atoms with Gasteiger partial charge in [0.15, 0.2) is 0 Å². The summed E-state index contributed by atoms with van der Waals surface area (Å²) >= 11 is 0. The van der Waals surface area contributed by atoms with Gasteiger partial charge in [0.1, 0.15) is 11.5 Å². The van der Waals surface area contributed by atoms with E-state index in [1.54, 1.807) is 13.0 Å². The minimum atomic E-state index is -0.348. The predicted octanol–water partition coefficient (Wildman–Crippen LogP) is 4.59. The van der Waals surface area contributed by atoms with Gasteiger partial charge in [0.25, 0.3) is 5.69 Å². The van der Waals surface area contributed by atoms with E-state index >= 15 is 0 Å². The van der Waals surface area contributed by atoms with Crippen LogP contribution in [0.25, 0.3) is 0 Å². The van der Waals surface area contributed by atoms with Crippen LogP contribution in [0.3, 0.4) is 0 Å². The topological polar surface area (TPSA) is 68.3 Å². The Hall–Kier alpha value is -2.30. The van der Waals surface area contributed by atoms with Crippen LogP contribution in [-0.2, 0) is 0 Å². The molecule has 21 heavy (non-hydrogen) atoms. The van der Waals surface area contributed by atoms with Crippen LogP contribution in [0.15, 0.2) is 22.6 Å². The lowest BCUT2D eigenvalue weighted by atomic mass is 10.1. The molecule has 0 fully saturated rings. The fourth-order valence-electron chi connectivity index (χ4n) is 2.54. The molecule has 1 unspecified atom stereocenters. The first-order valence-corrected chi connectivity index (χ1v) is 6.88. The third kappa shape index (κ3) is 3.07. The van der Waals surface area contributed by atoms with E-state index in [0.29, 0.717) is 5.56 Å². The number of aryl methyl sites for hydroxylation is 4. The van der Waals surface area contributed by atoms with Gasteiger partial charge in [-0.05, 0) is 52.3 Å². The van der Waals surface area contributed by atoms with Crippen molar-refractivity contribution in [1.82, 2.24) is 0 Å². The van der Waals surface area contributed by atoms with Gasteiger partial charge in [-0.1, -0.05) is 0 Å². The van der Waals surface area contributed by atoms with Crippen LogP contribution < -0.4 is 5.32 Å². The Labute approximate surface area is 124 Å². The predicted molar refractivity (Wildman–Crippen MR) is 82.8 cm³/mol. The van der Waals surface area contributed by atoms with E-state index in [9.17, 15) is 10.1 Å². The molecule has 2 rings (SSSR count). The van der Waals surface area contributed by atoms with E-state index in [1.165, 1.54) is 0 Å². The zero-order valence-electron chi connectivity index (χ0n) is 13.0. The summed E-state index contributed by atoms with van der Waals surface area (Å²) in [4.78, 5) is 10.6. The molecular formula is C16H20N2O3. The quantitative estimate of drug-likeness (QED) is 0.659. The number of hydrogen-bond acceptors (Lipinski definition) is 4. The minimum Gasteiger partial charge on any atom is -0.466 e. The highest BCUT2D eigenvalue weighted by Gasteiger charge is 2.17. The van der Waals surface area contributed by atoms with Crippen molar-refractivity contribution in [3.63, 3.8) is 0 Å². The second-order valence-corrected chi connectivity index (χ2v) is 5.45. The van der Waals surface area contributed by atoms with Gasteiger partial charge in [0, 0.05) is 22.9 Å². The van der Waals surface area contributed by atoms with Gasteiger partial charge in [-0.3, -0.25) is 10.1 Å². The monoisotopic (exact) mass is 288 g/mol. The molecule has 1 heterocycles. The Kier molecular flexibility index (Phi) is 4.02. The average Bonchev–Trinajstić information content (AvgIpc) is 2.72. The highest BCUT2D eigenvalue weighted by molar-refractivity contribution is 5.60. The van der Waals surface area contributed by atoms with E-state index in [2.05, 4.69) is 5.32 Å². The summed E-state index contributed by atoms with van der Waals surface area (Å²) in [7, 11) is 0. The van der Waals surface area contributed by atoms with E-state index in [4.69, 9.17) is 4.42 Å². The fraction of sp³-hybridized carbons (Fsp3) is 0.375. The molecule has 2 aromatic rings. The number of rotatable bonds is 4. The average molecular weight is 288 g/mol. The molecule has 0 saturated heterocycles. The van der Waals surface area contributed by atoms with Crippen LogP contribution in [0.5, 0.6) is 0 Å². The maximum absolute atomic E-state index is 10.9. The van der Waals surface area contributed by atoms with E-state index < -0.39 is 0 Å². The van der Waals surface area contributed by atoms with Gasteiger partial charge in [-0.15, -0.1) is 0 Å². The van der Waals surface area contributed by atoms with Crippen LogP contribution in [0, 0.1) is 37.8 Å². The maximum Gasteiger partial charge on any atom is 0.272 e. The first-order valence-electron chi connectivity index (χ1n) is 6.88. The highest BCUT2D eigenvalue weighted by atomic mass is 16.6. The zero-order chi connectivity index (χ0) is 15.7. The van der Waals surface area contributed by atoms with Crippen molar-refractivity contribution < 1.29 is 9.34 Å². The molecule has 112 valence electrons. The Balaban J connectivity index is 2.29. The van der Waals surface area contributed by atoms with E-state index in [1.807, 2.05) is 39.8 Å². The van der Waals surface area contributed by atoms with Gasteiger partial charge in [0.2, 0.25) is 0 Å². The lowest BCUT2D eigenvalue weighted by molar-refractivity contribution is -0.385. The molecule has 5 heteroatoms. The summed E-state index contributed by atoms with van der Waals surface area (Å²) in [5, 5.41) is 14.4. The third-order valence-corrected chi connectivity index (χ3v) is 3.66. The summed E-state index contributed by atoms with van der Waals surface area (Å²) in [6, 6.07) is 5.52. The first-order chi connectivity index (χ1) is 9.79. The molecule has 0 radical (unpaired) electrons. The number of hydrogen-bond donors (Lipinski definition) is 1. The number of nitrogens with zero attached hydrogens (tertiary/aromatic N) is 1. The number of furan rings is 1. The molecular weight excluding hydrogens is 268 g/mol. The maximum atomic E-state index is 10.9. The standard InChI is InChI=1S/C16H20N2O3/c1-9-7-16(18(19)20)10(2)6-15(9)17-12(4)14-8-11(3)21-13(14)5/h6-8,12,17H,1-5H3. The Bertz CT molecular complexity index is 689. The number of nitro groups is 1. The molecule has 1 N–H and O–H groups in total. The lowest BCUT2D eigenvalue weighted by Crippen LogP contribution is -2.08. The van der Waals surface area contributed by atoms with Crippen molar-refractivity contribution in [3.8, 4) is 0 Å². The van der Waals surface area contributed by atoms with Crippen LogP contribution >= 0.6 is 0 Å². The molecule has 1 aromatic heterocycles.